The molecule has 0 bridgehead atoms. The molecule has 37 heavy (non-hydrogen) atoms. The molecule has 204 valence electrons. The first-order chi connectivity index (χ1) is 17.2. The highest BCUT2D eigenvalue weighted by molar-refractivity contribution is 7.90. The van der Waals surface area contributed by atoms with E-state index in [4.69, 9.17) is 0 Å². The first kappa shape index (κ1) is 29.9. The normalized spacial score (nSPS) is 12.0. The molecule has 0 aliphatic heterocycles. The number of carbonyl (C=O) groups is 2. The summed E-state index contributed by atoms with van der Waals surface area (Å²) in [7, 11) is -8.47. The highest BCUT2D eigenvalue weighted by atomic mass is 32.2. The minimum absolute atomic E-state index is 0.0261. The Bertz CT molecular complexity index is 1320. The molecule has 0 aliphatic rings. The molecule has 0 aliphatic carbocycles. The zero-order valence-corrected chi connectivity index (χ0v) is 21.4. The SMILES string of the molecule is Cc1cccc(S(=O)(=O)NC(=O)NCCCCCCNC(=O)NS(=O)(=O)c2cccc(C(F)(F)F)c2)c1. The van der Waals surface area contributed by atoms with E-state index in [2.05, 4.69) is 10.6 Å². The maximum absolute atomic E-state index is 12.8. The summed E-state index contributed by atoms with van der Waals surface area (Å²) in [5, 5.41) is 4.75. The van der Waals surface area contributed by atoms with Crippen molar-refractivity contribution in [3.63, 3.8) is 0 Å². The summed E-state index contributed by atoms with van der Waals surface area (Å²) in [6, 6.07) is 7.18. The number of sulfonamides is 2. The van der Waals surface area contributed by atoms with Crippen molar-refractivity contribution < 1.29 is 39.6 Å². The molecular weight excluding hydrogens is 537 g/mol. The molecule has 0 radical (unpaired) electrons. The third-order valence-corrected chi connectivity index (χ3v) is 7.56. The highest BCUT2D eigenvalue weighted by Crippen LogP contribution is 2.30. The van der Waals surface area contributed by atoms with E-state index in [0.29, 0.717) is 37.8 Å². The van der Waals surface area contributed by atoms with Crippen molar-refractivity contribution in [1.82, 2.24) is 20.1 Å². The van der Waals surface area contributed by atoms with E-state index in [0.717, 1.165) is 17.7 Å². The molecule has 0 saturated carbocycles. The summed E-state index contributed by atoms with van der Waals surface area (Å²) in [5.41, 5.74) is -0.428. The van der Waals surface area contributed by atoms with Crippen LogP contribution < -0.4 is 20.1 Å². The highest BCUT2D eigenvalue weighted by Gasteiger charge is 2.32. The van der Waals surface area contributed by atoms with Gasteiger partial charge in [0.2, 0.25) is 0 Å². The number of benzene rings is 2. The topological polar surface area (TPSA) is 151 Å². The number of unbranched alkanes of at least 4 members (excludes halogenated alkanes) is 3. The maximum atomic E-state index is 12.8. The van der Waals surface area contributed by atoms with Gasteiger partial charge in [-0.05, 0) is 55.7 Å². The Morgan fingerprint density at radius 3 is 1.65 bits per heavy atom. The summed E-state index contributed by atoms with van der Waals surface area (Å²) < 4.78 is 90.6. The van der Waals surface area contributed by atoms with Crippen LogP contribution in [0.2, 0.25) is 0 Å². The number of rotatable bonds is 11. The minimum atomic E-state index is -4.73. The summed E-state index contributed by atoms with van der Waals surface area (Å²) >= 11 is 0. The van der Waals surface area contributed by atoms with Gasteiger partial charge < -0.3 is 10.6 Å². The lowest BCUT2D eigenvalue weighted by atomic mass is 10.2. The van der Waals surface area contributed by atoms with E-state index < -0.39 is 48.7 Å². The summed E-state index contributed by atoms with van der Waals surface area (Å²) in [6.45, 7) is 2.04. The van der Waals surface area contributed by atoms with Gasteiger partial charge in [-0.3, -0.25) is 0 Å². The van der Waals surface area contributed by atoms with Crippen molar-refractivity contribution in [2.24, 2.45) is 0 Å². The Kier molecular flexibility index (Phi) is 10.3. The number of nitrogens with one attached hydrogen (secondary N) is 4. The van der Waals surface area contributed by atoms with Crippen molar-refractivity contribution in [2.45, 2.75) is 48.6 Å². The van der Waals surface area contributed by atoms with Crippen LogP contribution in [0.1, 0.15) is 36.8 Å². The van der Waals surface area contributed by atoms with Crippen LogP contribution in [0.3, 0.4) is 0 Å². The summed E-state index contributed by atoms with van der Waals surface area (Å²) in [4.78, 5) is 23.0. The van der Waals surface area contributed by atoms with E-state index in [9.17, 15) is 39.6 Å². The molecule has 0 saturated heterocycles. The molecule has 2 aromatic rings. The molecule has 0 atom stereocenters. The molecule has 0 spiro atoms. The lowest BCUT2D eigenvalue weighted by molar-refractivity contribution is -0.137. The van der Waals surface area contributed by atoms with Gasteiger partial charge in [0.05, 0.1) is 15.4 Å². The van der Waals surface area contributed by atoms with Gasteiger partial charge in [0.15, 0.2) is 0 Å². The zero-order valence-electron chi connectivity index (χ0n) is 19.8. The number of hydrogen-bond acceptors (Lipinski definition) is 6. The smallest absolute Gasteiger partial charge is 0.337 e. The van der Waals surface area contributed by atoms with Crippen LogP contribution in [-0.2, 0) is 26.2 Å². The average Bonchev–Trinajstić information content (AvgIpc) is 2.79. The van der Waals surface area contributed by atoms with E-state index >= 15 is 0 Å². The molecule has 0 heterocycles. The van der Waals surface area contributed by atoms with Crippen LogP contribution in [0.4, 0.5) is 22.8 Å². The van der Waals surface area contributed by atoms with Gasteiger partial charge in [0.1, 0.15) is 0 Å². The molecule has 2 aromatic carbocycles. The predicted molar refractivity (Wildman–Crippen MR) is 129 cm³/mol. The van der Waals surface area contributed by atoms with Gasteiger partial charge in [-0.25, -0.2) is 35.9 Å². The van der Waals surface area contributed by atoms with Gasteiger partial charge in [-0.2, -0.15) is 13.2 Å². The Morgan fingerprint density at radius 1 is 0.730 bits per heavy atom. The van der Waals surface area contributed by atoms with Gasteiger partial charge in [-0.15, -0.1) is 0 Å². The monoisotopic (exact) mass is 564 g/mol. The van der Waals surface area contributed by atoms with Crippen LogP contribution >= 0.6 is 0 Å². The number of urea groups is 2. The third kappa shape index (κ3) is 9.92. The number of alkyl halides is 3. The molecule has 4 amide bonds. The molecule has 15 heteroatoms. The van der Waals surface area contributed by atoms with Gasteiger partial charge in [0.25, 0.3) is 20.0 Å². The second-order valence-corrected chi connectivity index (χ2v) is 11.3. The molecule has 4 N–H and O–H groups in total. The fraction of sp³-hybridized carbons (Fsp3) is 0.364. The van der Waals surface area contributed by atoms with Crippen molar-refractivity contribution >= 4 is 32.1 Å². The fourth-order valence-electron chi connectivity index (χ4n) is 3.06. The predicted octanol–water partition coefficient (Wildman–Crippen LogP) is 3.25. The van der Waals surface area contributed by atoms with Crippen LogP contribution in [0.15, 0.2) is 58.3 Å². The van der Waals surface area contributed by atoms with E-state index in [1.54, 1.807) is 23.8 Å². The standard InChI is InChI=1S/C22H27F3N4O6S2/c1-16-8-6-10-18(14-16)36(32,33)28-20(30)26-12-4-2-3-5-13-27-21(31)29-37(34,35)19-11-7-9-17(15-19)22(23,24)25/h6-11,14-15H,2-5,12-13H2,1H3,(H2,26,28,30)(H2,27,29,31). The third-order valence-electron chi connectivity index (χ3n) is 4.90. The molecule has 2 rings (SSSR count). The number of hydrogen-bond donors (Lipinski definition) is 4. The molecule has 0 aromatic heterocycles. The molecule has 10 nitrogen and oxygen atoms in total. The molecule has 0 unspecified atom stereocenters. The van der Waals surface area contributed by atoms with Crippen molar-refractivity contribution in [2.75, 3.05) is 13.1 Å². The molecular formula is C22H27F3N4O6S2. The zero-order chi connectivity index (χ0) is 27.7. The van der Waals surface area contributed by atoms with E-state index in [-0.39, 0.29) is 18.0 Å². The van der Waals surface area contributed by atoms with Gasteiger partial charge in [0, 0.05) is 13.1 Å². The van der Waals surface area contributed by atoms with Crippen LogP contribution in [-0.4, -0.2) is 42.0 Å². The van der Waals surface area contributed by atoms with Crippen LogP contribution in [0.25, 0.3) is 0 Å². The number of aryl methyl sites for hydroxylation is 1. The number of halogens is 3. The molecule has 0 fully saturated rings. The second kappa shape index (κ2) is 12.8. The van der Waals surface area contributed by atoms with Crippen LogP contribution in [0, 0.1) is 6.92 Å². The number of carbonyl (C=O) groups excluding carboxylic acids is 2. The number of amides is 4. The van der Waals surface area contributed by atoms with E-state index in [1.807, 2.05) is 4.72 Å². The Balaban J connectivity index is 1.63. The summed E-state index contributed by atoms with van der Waals surface area (Å²) in [6.07, 6.45) is -2.52. The Morgan fingerprint density at radius 2 is 1.19 bits per heavy atom. The Labute approximate surface area is 213 Å². The second-order valence-electron chi connectivity index (χ2n) is 7.98. The first-order valence-corrected chi connectivity index (χ1v) is 14.0. The summed E-state index contributed by atoms with van der Waals surface area (Å²) in [5.74, 6) is 0. The maximum Gasteiger partial charge on any atom is 0.416 e. The van der Waals surface area contributed by atoms with Gasteiger partial charge >= 0.3 is 18.2 Å². The van der Waals surface area contributed by atoms with E-state index in [1.165, 1.54) is 12.1 Å². The van der Waals surface area contributed by atoms with Crippen molar-refractivity contribution in [3.05, 3.63) is 59.7 Å². The van der Waals surface area contributed by atoms with Crippen molar-refractivity contribution in [3.8, 4) is 0 Å². The lowest BCUT2D eigenvalue weighted by Crippen LogP contribution is -2.40. The average molecular weight is 565 g/mol. The van der Waals surface area contributed by atoms with Gasteiger partial charge in [-0.1, -0.05) is 31.0 Å². The van der Waals surface area contributed by atoms with Crippen LogP contribution in [0.5, 0.6) is 0 Å². The first-order valence-electron chi connectivity index (χ1n) is 11.1. The van der Waals surface area contributed by atoms with Crippen molar-refractivity contribution in [1.29, 1.82) is 0 Å². The fourth-order valence-corrected chi connectivity index (χ4v) is 5.07. The lowest BCUT2D eigenvalue weighted by Gasteiger charge is -2.11. The largest absolute Gasteiger partial charge is 0.416 e. The minimum Gasteiger partial charge on any atom is -0.337 e. The quantitative estimate of drug-likeness (QED) is 0.308. The Hall–Kier alpha value is -3.33.